The number of aryl methyl sites for hydroxylation is 1. The molecule has 90 valence electrons. The van der Waals surface area contributed by atoms with Gasteiger partial charge in [-0.2, -0.15) is 0 Å². The van der Waals surface area contributed by atoms with Crippen LogP contribution in [0.15, 0.2) is 6.20 Å². The fraction of sp³-hybridized carbons (Fsp3) is 0.800. The van der Waals surface area contributed by atoms with Gasteiger partial charge in [0.1, 0.15) is 5.69 Å². The van der Waals surface area contributed by atoms with Crippen molar-refractivity contribution in [3.05, 3.63) is 11.9 Å². The quantitative estimate of drug-likeness (QED) is 0.816. The van der Waals surface area contributed by atoms with Crippen LogP contribution in [-0.4, -0.2) is 38.5 Å². The summed E-state index contributed by atoms with van der Waals surface area (Å²) in [5.41, 5.74) is 0.995. The lowest BCUT2D eigenvalue weighted by atomic mass is 10.3. The molecule has 2 N–H and O–H groups in total. The minimum atomic E-state index is 0.197. The first-order valence-corrected chi connectivity index (χ1v) is 6.63. The molecule has 2 unspecified atom stereocenters. The Labute approximate surface area is 99.6 Å². The highest BCUT2D eigenvalue weighted by molar-refractivity contribution is 8.00. The van der Waals surface area contributed by atoms with Gasteiger partial charge in [0.2, 0.25) is 0 Å². The van der Waals surface area contributed by atoms with Crippen molar-refractivity contribution in [3.8, 4) is 0 Å². The molecule has 6 heteroatoms. The maximum absolute atomic E-state index is 8.74. The number of aliphatic hydroxyl groups excluding tert-OH is 1. The van der Waals surface area contributed by atoms with E-state index in [1.165, 1.54) is 6.42 Å². The lowest BCUT2D eigenvalue weighted by Crippen LogP contribution is -2.29. The summed E-state index contributed by atoms with van der Waals surface area (Å²) in [6.07, 6.45) is 3.91. The van der Waals surface area contributed by atoms with Gasteiger partial charge in [0.25, 0.3) is 0 Å². The molecular formula is C10H18N4OS. The maximum Gasteiger partial charge on any atom is 0.110 e. The molecule has 2 atom stereocenters. The summed E-state index contributed by atoms with van der Waals surface area (Å²) < 4.78 is 1.80. The number of hydrogen-bond acceptors (Lipinski definition) is 5. The van der Waals surface area contributed by atoms with E-state index in [1.54, 1.807) is 4.68 Å². The van der Waals surface area contributed by atoms with E-state index in [0.717, 1.165) is 25.2 Å². The Balaban J connectivity index is 1.95. The zero-order valence-electron chi connectivity index (χ0n) is 9.46. The highest BCUT2D eigenvalue weighted by Gasteiger charge is 2.22. The van der Waals surface area contributed by atoms with E-state index in [1.807, 2.05) is 18.0 Å². The first kappa shape index (κ1) is 11.9. The SMILES string of the molecule is CC1CCNC(c2cn(CCCO)nn2)S1. The van der Waals surface area contributed by atoms with Crippen LogP contribution in [0, 0.1) is 0 Å². The molecule has 0 bridgehead atoms. The topological polar surface area (TPSA) is 63.0 Å². The van der Waals surface area contributed by atoms with Crippen molar-refractivity contribution in [1.29, 1.82) is 0 Å². The van der Waals surface area contributed by atoms with Crippen LogP contribution in [0.3, 0.4) is 0 Å². The van der Waals surface area contributed by atoms with Crippen LogP contribution in [0.4, 0.5) is 0 Å². The number of thioether (sulfide) groups is 1. The fourth-order valence-electron chi connectivity index (χ4n) is 1.72. The third-order valence-corrected chi connectivity index (χ3v) is 4.00. The van der Waals surface area contributed by atoms with Crippen molar-refractivity contribution in [2.45, 2.75) is 36.9 Å². The fourth-order valence-corrected chi connectivity index (χ4v) is 2.90. The molecular weight excluding hydrogens is 224 g/mol. The summed E-state index contributed by atoms with van der Waals surface area (Å²) in [7, 11) is 0. The summed E-state index contributed by atoms with van der Waals surface area (Å²) in [5.74, 6) is 0. The van der Waals surface area contributed by atoms with Gasteiger partial charge in [0.05, 0.1) is 11.6 Å². The standard InChI is InChI=1S/C10H18N4OS/c1-8-3-4-11-10(16-8)9-7-14(13-12-9)5-2-6-15/h7-8,10-11,15H,2-6H2,1H3. The van der Waals surface area contributed by atoms with Crippen LogP contribution in [0.1, 0.15) is 30.8 Å². The van der Waals surface area contributed by atoms with Crippen molar-refractivity contribution in [1.82, 2.24) is 20.3 Å². The third-order valence-electron chi connectivity index (χ3n) is 2.62. The van der Waals surface area contributed by atoms with Gasteiger partial charge in [-0.25, -0.2) is 0 Å². The molecule has 0 spiro atoms. The number of nitrogens with zero attached hydrogens (tertiary/aromatic N) is 3. The first-order chi connectivity index (χ1) is 7.79. The molecule has 1 fully saturated rings. The van der Waals surface area contributed by atoms with E-state index >= 15 is 0 Å². The Morgan fingerprint density at radius 1 is 1.69 bits per heavy atom. The predicted molar refractivity (Wildman–Crippen MR) is 64.1 cm³/mol. The van der Waals surface area contributed by atoms with Crippen LogP contribution in [0.5, 0.6) is 0 Å². The van der Waals surface area contributed by atoms with Crippen molar-refractivity contribution < 1.29 is 5.11 Å². The van der Waals surface area contributed by atoms with Crippen LogP contribution >= 0.6 is 11.8 Å². The molecule has 2 rings (SSSR count). The number of aliphatic hydroxyl groups is 1. The van der Waals surface area contributed by atoms with Crippen molar-refractivity contribution >= 4 is 11.8 Å². The molecule has 0 aromatic carbocycles. The maximum atomic E-state index is 8.74. The molecule has 1 saturated heterocycles. The zero-order valence-corrected chi connectivity index (χ0v) is 10.3. The molecule has 0 saturated carbocycles. The smallest absolute Gasteiger partial charge is 0.110 e. The van der Waals surface area contributed by atoms with Crippen molar-refractivity contribution in [3.63, 3.8) is 0 Å². The number of hydrogen-bond donors (Lipinski definition) is 2. The van der Waals surface area contributed by atoms with Crippen molar-refractivity contribution in [2.75, 3.05) is 13.2 Å². The molecule has 2 heterocycles. The van der Waals surface area contributed by atoms with E-state index in [-0.39, 0.29) is 12.0 Å². The monoisotopic (exact) mass is 242 g/mol. The van der Waals surface area contributed by atoms with Crippen LogP contribution in [0.25, 0.3) is 0 Å². The average Bonchev–Trinajstić information content (AvgIpc) is 2.75. The van der Waals surface area contributed by atoms with Gasteiger partial charge in [0.15, 0.2) is 0 Å². The van der Waals surface area contributed by atoms with Gasteiger partial charge in [-0.15, -0.1) is 16.9 Å². The summed E-state index contributed by atoms with van der Waals surface area (Å²) in [6, 6.07) is 0. The largest absolute Gasteiger partial charge is 0.396 e. The van der Waals surface area contributed by atoms with Gasteiger partial charge in [-0.05, 0) is 19.4 Å². The summed E-state index contributed by atoms with van der Waals surface area (Å²) in [5, 5.41) is 21.3. The number of rotatable bonds is 4. The Morgan fingerprint density at radius 3 is 3.31 bits per heavy atom. The van der Waals surface area contributed by atoms with Gasteiger partial charge >= 0.3 is 0 Å². The molecule has 0 aliphatic carbocycles. The van der Waals surface area contributed by atoms with Crippen LogP contribution < -0.4 is 5.32 Å². The van der Waals surface area contributed by atoms with Crippen LogP contribution in [-0.2, 0) is 6.54 Å². The Morgan fingerprint density at radius 2 is 2.56 bits per heavy atom. The summed E-state index contributed by atoms with van der Waals surface area (Å²) in [6.45, 7) is 4.22. The molecule has 5 nitrogen and oxygen atoms in total. The Bertz CT molecular complexity index is 330. The van der Waals surface area contributed by atoms with E-state index in [9.17, 15) is 0 Å². The highest BCUT2D eigenvalue weighted by atomic mass is 32.2. The molecule has 1 aromatic rings. The molecule has 0 amide bonds. The van der Waals surface area contributed by atoms with E-state index < -0.39 is 0 Å². The number of aromatic nitrogens is 3. The number of nitrogens with one attached hydrogen (secondary N) is 1. The lowest BCUT2D eigenvalue weighted by molar-refractivity contribution is 0.276. The third kappa shape index (κ3) is 2.96. The minimum Gasteiger partial charge on any atom is -0.396 e. The zero-order chi connectivity index (χ0) is 11.4. The second-order valence-electron chi connectivity index (χ2n) is 4.05. The van der Waals surface area contributed by atoms with Gasteiger partial charge in [0, 0.05) is 18.4 Å². The molecule has 1 aromatic heterocycles. The normalized spacial score (nSPS) is 25.9. The second-order valence-corrected chi connectivity index (χ2v) is 5.60. The second kappa shape index (κ2) is 5.65. The Hall–Kier alpha value is -0.590. The lowest BCUT2D eigenvalue weighted by Gasteiger charge is -2.25. The van der Waals surface area contributed by atoms with E-state index in [2.05, 4.69) is 22.6 Å². The summed E-state index contributed by atoms with van der Waals surface area (Å²) in [4.78, 5) is 0. The first-order valence-electron chi connectivity index (χ1n) is 5.69. The average molecular weight is 242 g/mol. The van der Waals surface area contributed by atoms with E-state index in [4.69, 9.17) is 5.11 Å². The molecule has 1 aliphatic rings. The van der Waals surface area contributed by atoms with Crippen molar-refractivity contribution in [2.24, 2.45) is 0 Å². The van der Waals surface area contributed by atoms with Gasteiger partial charge < -0.3 is 10.4 Å². The predicted octanol–water partition coefficient (Wildman–Crippen LogP) is 0.774. The Kier molecular flexibility index (Phi) is 4.20. The molecule has 16 heavy (non-hydrogen) atoms. The highest BCUT2D eigenvalue weighted by Crippen LogP contribution is 2.32. The molecule has 0 radical (unpaired) electrons. The van der Waals surface area contributed by atoms with Crippen LogP contribution in [0.2, 0.25) is 0 Å². The molecule has 1 aliphatic heterocycles. The minimum absolute atomic E-state index is 0.197. The van der Waals surface area contributed by atoms with Gasteiger partial charge in [-0.3, -0.25) is 4.68 Å². The summed E-state index contributed by atoms with van der Waals surface area (Å²) >= 11 is 1.90. The van der Waals surface area contributed by atoms with Gasteiger partial charge in [-0.1, -0.05) is 12.1 Å². The van der Waals surface area contributed by atoms with E-state index in [0.29, 0.717) is 5.25 Å².